The molecule has 7 nitrogen and oxygen atoms in total. The van der Waals surface area contributed by atoms with Gasteiger partial charge < -0.3 is 10.6 Å². The fourth-order valence-corrected chi connectivity index (χ4v) is 4.23. The third kappa shape index (κ3) is 4.31. The molecule has 1 aliphatic heterocycles. The molecule has 0 unspecified atom stereocenters. The van der Waals surface area contributed by atoms with E-state index in [4.69, 9.17) is 0 Å². The zero-order chi connectivity index (χ0) is 18.7. The highest BCUT2D eigenvalue weighted by Crippen LogP contribution is 2.24. The monoisotopic (exact) mass is 375 g/mol. The number of likely N-dealkylation sites (N-methyl/N-ethyl adjacent to an activating group) is 1. The van der Waals surface area contributed by atoms with Gasteiger partial charge in [-0.2, -0.15) is 5.10 Å². The summed E-state index contributed by atoms with van der Waals surface area (Å²) in [6.45, 7) is 7.81. The summed E-state index contributed by atoms with van der Waals surface area (Å²) in [7, 11) is 0. The average Bonchev–Trinajstić information content (AvgIpc) is 3.29. The van der Waals surface area contributed by atoms with E-state index in [1.807, 2.05) is 13.8 Å². The molecule has 1 fully saturated rings. The lowest BCUT2D eigenvalue weighted by Crippen LogP contribution is -2.42. The molecule has 1 saturated heterocycles. The Labute approximate surface area is 157 Å². The van der Waals surface area contributed by atoms with Gasteiger partial charge in [0.25, 0.3) is 5.91 Å². The van der Waals surface area contributed by atoms with Crippen molar-refractivity contribution in [1.82, 2.24) is 25.7 Å². The maximum absolute atomic E-state index is 12.5. The molecule has 3 N–H and O–H groups in total. The van der Waals surface area contributed by atoms with Gasteiger partial charge in [0, 0.05) is 41.1 Å². The molecule has 26 heavy (non-hydrogen) atoms. The lowest BCUT2D eigenvalue weighted by Gasteiger charge is -2.22. The fraction of sp³-hybridized carbons (Fsp3) is 0.500. The van der Waals surface area contributed by atoms with Crippen molar-refractivity contribution in [1.29, 1.82) is 0 Å². The second-order valence-corrected chi connectivity index (χ2v) is 8.07. The smallest absolute Gasteiger partial charge is 0.272 e. The molecule has 8 heteroatoms. The van der Waals surface area contributed by atoms with Gasteiger partial charge in [0.1, 0.15) is 5.69 Å². The van der Waals surface area contributed by atoms with Crippen molar-refractivity contribution >= 4 is 23.2 Å². The van der Waals surface area contributed by atoms with E-state index >= 15 is 0 Å². The Balaban J connectivity index is 1.68. The van der Waals surface area contributed by atoms with E-state index in [2.05, 4.69) is 44.8 Å². The van der Waals surface area contributed by atoms with Gasteiger partial charge in [-0.15, -0.1) is 11.3 Å². The van der Waals surface area contributed by atoms with Crippen LogP contribution < -0.4 is 10.6 Å². The second kappa shape index (κ2) is 8.01. The first kappa shape index (κ1) is 18.6. The van der Waals surface area contributed by atoms with E-state index in [1.165, 1.54) is 9.75 Å². The molecule has 0 spiro atoms. The highest BCUT2D eigenvalue weighted by molar-refractivity contribution is 7.11. The summed E-state index contributed by atoms with van der Waals surface area (Å²) in [6.07, 6.45) is 0.603. The van der Waals surface area contributed by atoms with E-state index in [0.29, 0.717) is 31.7 Å². The number of rotatable bonds is 6. The summed E-state index contributed by atoms with van der Waals surface area (Å²) in [6, 6.07) is 5.61. The molecule has 3 rings (SSSR count). The molecule has 0 bridgehead atoms. The third-order valence-corrected chi connectivity index (χ3v) is 5.47. The first-order valence-corrected chi connectivity index (χ1v) is 9.68. The molecule has 2 aromatic heterocycles. The summed E-state index contributed by atoms with van der Waals surface area (Å²) in [5.74, 6) is -0.184. The number of thiophene rings is 1. The number of aromatic amines is 1. The minimum Gasteiger partial charge on any atom is -0.355 e. The number of amides is 2. The van der Waals surface area contributed by atoms with E-state index in [1.54, 1.807) is 17.4 Å². The zero-order valence-corrected chi connectivity index (χ0v) is 16.2. The van der Waals surface area contributed by atoms with Crippen LogP contribution in [-0.4, -0.2) is 52.1 Å². The summed E-state index contributed by atoms with van der Waals surface area (Å²) in [4.78, 5) is 29.5. The van der Waals surface area contributed by atoms with Crippen LogP contribution in [0.3, 0.4) is 0 Å². The predicted octanol–water partition coefficient (Wildman–Crippen LogP) is 1.60. The fourth-order valence-electron chi connectivity index (χ4n) is 3.31. The molecular weight excluding hydrogens is 350 g/mol. The van der Waals surface area contributed by atoms with Crippen molar-refractivity contribution in [2.45, 2.75) is 45.8 Å². The number of carbonyl (C=O) groups excluding carboxylic acids is 2. The predicted molar refractivity (Wildman–Crippen MR) is 101 cm³/mol. The molecule has 0 aliphatic carbocycles. The van der Waals surface area contributed by atoms with Gasteiger partial charge in [0.2, 0.25) is 5.91 Å². The number of nitrogens with one attached hydrogen (secondary N) is 3. The normalized spacial score (nSPS) is 20.3. The van der Waals surface area contributed by atoms with Crippen molar-refractivity contribution in [3.05, 3.63) is 39.3 Å². The first-order valence-electron chi connectivity index (χ1n) is 8.86. The van der Waals surface area contributed by atoms with Crippen LogP contribution in [0.2, 0.25) is 0 Å². The largest absolute Gasteiger partial charge is 0.355 e. The van der Waals surface area contributed by atoms with Crippen LogP contribution in [0, 0.1) is 13.8 Å². The molecule has 2 atom stereocenters. The number of aryl methyl sites for hydroxylation is 2. The average molecular weight is 375 g/mol. The molecule has 0 saturated carbocycles. The van der Waals surface area contributed by atoms with Gasteiger partial charge >= 0.3 is 0 Å². The molecule has 140 valence electrons. The maximum atomic E-state index is 12.5. The minimum atomic E-state index is -0.233. The summed E-state index contributed by atoms with van der Waals surface area (Å²) in [5, 5.41) is 12.7. The quantitative estimate of drug-likeness (QED) is 0.715. The van der Waals surface area contributed by atoms with Crippen LogP contribution in [0.15, 0.2) is 18.2 Å². The highest BCUT2D eigenvalue weighted by Gasteiger charge is 2.37. The van der Waals surface area contributed by atoms with Crippen molar-refractivity contribution in [3.63, 3.8) is 0 Å². The van der Waals surface area contributed by atoms with E-state index in [9.17, 15) is 9.59 Å². The van der Waals surface area contributed by atoms with Crippen molar-refractivity contribution in [2.24, 2.45) is 0 Å². The van der Waals surface area contributed by atoms with Crippen LogP contribution >= 0.6 is 11.3 Å². The van der Waals surface area contributed by atoms with Gasteiger partial charge in [-0.05, 0) is 45.4 Å². The Morgan fingerprint density at radius 3 is 2.81 bits per heavy atom. The minimum absolute atomic E-state index is 0.0214. The molecule has 0 radical (unpaired) electrons. The van der Waals surface area contributed by atoms with E-state index in [-0.39, 0.29) is 23.9 Å². The standard InChI is InChI=1S/C18H25N5O2S/c1-4-19-18(25)16-8-13(20-17(24)15-7-11(2)21-22-15)9-23(16)10-14-6-5-12(3)26-14/h5-7,13,16H,4,8-10H2,1-3H3,(H,19,25)(H,20,24)(H,21,22)/t13-,16+/m1/s1. The lowest BCUT2D eigenvalue weighted by molar-refractivity contribution is -0.125. The van der Waals surface area contributed by atoms with Crippen molar-refractivity contribution in [3.8, 4) is 0 Å². The van der Waals surface area contributed by atoms with Gasteiger partial charge in [-0.1, -0.05) is 0 Å². The number of carbonyl (C=O) groups is 2. The highest BCUT2D eigenvalue weighted by atomic mass is 32.1. The van der Waals surface area contributed by atoms with Crippen LogP contribution in [0.5, 0.6) is 0 Å². The first-order chi connectivity index (χ1) is 12.5. The van der Waals surface area contributed by atoms with Crippen LogP contribution in [-0.2, 0) is 11.3 Å². The van der Waals surface area contributed by atoms with Gasteiger partial charge in [0.15, 0.2) is 0 Å². The van der Waals surface area contributed by atoms with E-state index in [0.717, 1.165) is 5.69 Å². The Morgan fingerprint density at radius 2 is 2.19 bits per heavy atom. The number of aromatic nitrogens is 2. The Hall–Kier alpha value is -2.19. The second-order valence-electron chi connectivity index (χ2n) is 6.69. The van der Waals surface area contributed by atoms with Crippen LogP contribution in [0.1, 0.15) is 39.3 Å². The molecule has 1 aliphatic rings. The number of likely N-dealkylation sites (tertiary alicyclic amines) is 1. The lowest BCUT2D eigenvalue weighted by atomic mass is 10.1. The topological polar surface area (TPSA) is 90.1 Å². The summed E-state index contributed by atoms with van der Waals surface area (Å²) < 4.78 is 0. The molecule has 0 aromatic carbocycles. The summed E-state index contributed by atoms with van der Waals surface area (Å²) >= 11 is 1.74. The number of hydrogen-bond donors (Lipinski definition) is 3. The summed E-state index contributed by atoms with van der Waals surface area (Å²) in [5.41, 5.74) is 1.22. The van der Waals surface area contributed by atoms with Gasteiger partial charge in [-0.25, -0.2) is 0 Å². The molecule has 2 aromatic rings. The van der Waals surface area contributed by atoms with Crippen LogP contribution in [0.25, 0.3) is 0 Å². The van der Waals surface area contributed by atoms with Crippen molar-refractivity contribution in [2.75, 3.05) is 13.1 Å². The Morgan fingerprint density at radius 1 is 1.38 bits per heavy atom. The zero-order valence-electron chi connectivity index (χ0n) is 15.3. The van der Waals surface area contributed by atoms with Crippen LogP contribution in [0.4, 0.5) is 0 Å². The molecule has 3 heterocycles. The number of H-pyrrole nitrogens is 1. The van der Waals surface area contributed by atoms with Crippen molar-refractivity contribution < 1.29 is 9.59 Å². The number of nitrogens with zero attached hydrogens (tertiary/aromatic N) is 2. The van der Waals surface area contributed by atoms with Gasteiger partial charge in [-0.3, -0.25) is 19.6 Å². The SMILES string of the molecule is CCNC(=O)[C@@H]1C[C@@H](NC(=O)c2cc(C)[nH]n2)CN1Cc1ccc(C)s1. The van der Waals surface area contributed by atoms with Gasteiger partial charge in [0.05, 0.1) is 6.04 Å². The van der Waals surface area contributed by atoms with E-state index < -0.39 is 0 Å². The molecular formula is C18H25N5O2S. The molecule has 2 amide bonds. The number of hydrogen-bond acceptors (Lipinski definition) is 5. The Bertz CT molecular complexity index is 784. The Kier molecular flexibility index (Phi) is 5.73. The third-order valence-electron chi connectivity index (χ3n) is 4.49. The maximum Gasteiger partial charge on any atom is 0.272 e.